The summed E-state index contributed by atoms with van der Waals surface area (Å²) in [6.45, 7) is 5.02. The van der Waals surface area contributed by atoms with Crippen LogP contribution >= 0.6 is 0 Å². The van der Waals surface area contributed by atoms with Crippen LogP contribution < -0.4 is 9.47 Å². The van der Waals surface area contributed by atoms with Gasteiger partial charge in [0.2, 0.25) is 0 Å². The van der Waals surface area contributed by atoms with E-state index in [0.717, 1.165) is 29.0 Å². The number of rotatable bonds is 8. The van der Waals surface area contributed by atoms with Crippen molar-refractivity contribution in [2.45, 2.75) is 20.3 Å². The van der Waals surface area contributed by atoms with E-state index in [9.17, 15) is 5.11 Å². The number of benzene rings is 3. The lowest BCUT2D eigenvalue weighted by atomic mass is 10.1. The van der Waals surface area contributed by atoms with Gasteiger partial charge in [0.1, 0.15) is 5.75 Å². The number of aryl methyl sites for hydroxylation is 1. The molecule has 1 N–H and O–H groups in total. The van der Waals surface area contributed by atoms with Gasteiger partial charge in [-0.15, -0.1) is 0 Å². The van der Waals surface area contributed by atoms with Gasteiger partial charge in [0.05, 0.1) is 18.9 Å². The molecule has 3 aromatic carbocycles. The van der Waals surface area contributed by atoms with Crippen molar-refractivity contribution < 1.29 is 14.6 Å². The summed E-state index contributed by atoms with van der Waals surface area (Å²) in [4.78, 5) is 4.52. The number of nitrogens with zero attached hydrogens (tertiary/aromatic N) is 1. The van der Waals surface area contributed by atoms with Crippen molar-refractivity contribution in [2.24, 2.45) is 4.99 Å². The van der Waals surface area contributed by atoms with E-state index in [0.29, 0.717) is 19.0 Å². The Morgan fingerprint density at radius 3 is 2.50 bits per heavy atom. The first-order chi connectivity index (χ1) is 13.7. The van der Waals surface area contributed by atoms with Crippen LogP contribution in [0, 0.1) is 6.92 Å². The lowest BCUT2D eigenvalue weighted by molar-refractivity contribution is 0.279. The Morgan fingerprint density at radius 1 is 0.929 bits per heavy atom. The van der Waals surface area contributed by atoms with E-state index in [1.807, 2.05) is 50.2 Å². The van der Waals surface area contributed by atoms with Gasteiger partial charge in [0.15, 0.2) is 11.5 Å². The Bertz CT molecular complexity index is 936. The topological polar surface area (TPSA) is 51.0 Å². The Morgan fingerprint density at radius 2 is 1.75 bits per heavy atom. The van der Waals surface area contributed by atoms with Gasteiger partial charge in [-0.3, -0.25) is 4.99 Å². The highest BCUT2D eigenvalue weighted by atomic mass is 16.5. The summed E-state index contributed by atoms with van der Waals surface area (Å²) in [5.74, 6) is 1.68. The summed E-state index contributed by atoms with van der Waals surface area (Å²) in [6.07, 6.45) is 2.63. The van der Waals surface area contributed by atoms with Crippen LogP contribution in [0.25, 0.3) is 0 Å². The highest BCUT2D eigenvalue weighted by Gasteiger charge is 2.06. The van der Waals surface area contributed by atoms with Crippen molar-refractivity contribution in [3.05, 3.63) is 83.4 Å². The number of aliphatic imine (C=N–C) groups is 1. The zero-order valence-electron chi connectivity index (χ0n) is 16.3. The van der Waals surface area contributed by atoms with Gasteiger partial charge in [-0.05, 0) is 66.9 Å². The Kier molecular flexibility index (Phi) is 6.68. The Hall–Kier alpha value is -3.27. The third kappa shape index (κ3) is 5.36. The fourth-order valence-electron chi connectivity index (χ4n) is 2.84. The summed E-state index contributed by atoms with van der Waals surface area (Å²) in [6, 6.07) is 21.2. The zero-order valence-corrected chi connectivity index (χ0v) is 16.3. The predicted octanol–water partition coefficient (Wildman–Crippen LogP) is 5.47. The highest BCUT2D eigenvalue weighted by Crippen LogP contribution is 2.29. The maximum atomic E-state index is 9.51. The van der Waals surface area contributed by atoms with Crippen LogP contribution in [0.5, 0.6) is 17.2 Å². The SMILES string of the molecule is CCOc1cc(C=Nc2ccc(O)cc2C)ccc1OCCc1ccccc1. The van der Waals surface area contributed by atoms with Gasteiger partial charge in [-0.1, -0.05) is 30.3 Å². The van der Waals surface area contributed by atoms with Crippen molar-refractivity contribution in [2.75, 3.05) is 13.2 Å². The maximum Gasteiger partial charge on any atom is 0.161 e. The number of ether oxygens (including phenoxy) is 2. The molecule has 0 saturated carbocycles. The van der Waals surface area contributed by atoms with Gasteiger partial charge in [-0.2, -0.15) is 0 Å². The molecule has 4 nitrogen and oxygen atoms in total. The predicted molar refractivity (Wildman–Crippen MR) is 113 cm³/mol. The average Bonchev–Trinajstić information content (AvgIpc) is 2.70. The molecule has 3 rings (SSSR count). The van der Waals surface area contributed by atoms with E-state index < -0.39 is 0 Å². The minimum Gasteiger partial charge on any atom is -0.508 e. The van der Waals surface area contributed by atoms with Gasteiger partial charge in [-0.25, -0.2) is 0 Å². The van der Waals surface area contributed by atoms with Crippen LogP contribution in [-0.2, 0) is 6.42 Å². The van der Waals surface area contributed by atoms with Gasteiger partial charge in [0.25, 0.3) is 0 Å². The van der Waals surface area contributed by atoms with E-state index in [-0.39, 0.29) is 5.75 Å². The Labute approximate surface area is 166 Å². The molecule has 0 bridgehead atoms. The van der Waals surface area contributed by atoms with Crippen LogP contribution in [0.2, 0.25) is 0 Å². The van der Waals surface area contributed by atoms with Gasteiger partial charge in [0, 0.05) is 12.6 Å². The van der Waals surface area contributed by atoms with Crippen LogP contribution in [0.3, 0.4) is 0 Å². The van der Waals surface area contributed by atoms with E-state index in [4.69, 9.17) is 9.47 Å². The molecular weight excluding hydrogens is 350 g/mol. The first-order valence-corrected chi connectivity index (χ1v) is 9.43. The van der Waals surface area contributed by atoms with Crippen LogP contribution in [0.15, 0.2) is 71.7 Å². The maximum absolute atomic E-state index is 9.51. The summed E-state index contributed by atoms with van der Waals surface area (Å²) in [5, 5.41) is 9.51. The molecule has 0 aliphatic heterocycles. The number of phenols is 1. The number of hydrogen-bond donors (Lipinski definition) is 1. The minimum atomic E-state index is 0.243. The second-order valence-corrected chi connectivity index (χ2v) is 6.45. The quantitative estimate of drug-likeness (QED) is 0.531. The van der Waals surface area contributed by atoms with Crippen molar-refractivity contribution >= 4 is 11.9 Å². The van der Waals surface area contributed by atoms with Gasteiger partial charge < -0.3 is 14.6 Å². The number of hydrogen-bond acceptors (Lipinski definition) is 4. The second kappa shape index (κ2) is 9.60. The fourth-order valence-corrected chi connectivity index (χ4v) is 2.84. The molecule has 0 radical (unpaired) electrons. The molecule has 0 heterocycles. The Balaban J connectivity index is 1.70. The third-order valence-corrected chi connectivity index (χ3v) is 4.29. The molecule has 0 aliphatic rings. The lowest BCUT2D eigenvalue weighted by Crippen LogP contribution is -2.04. The van der Waals surface area contributed by atoms with Crippen LogP contribution in [-0.4, -0.2) is 24.5 Å². The molecule has 0 amide bonds. The smallest absolute Gasteiger partial charge is 0.161 e. The van der Waals surface area contributed by atoms with Crippen molar-refractivity contribution in [3.63, 3.8) is 0 Å². The molecule has 0 aromatic heterocycles. The van der Waals surface area contributed by atoms with Crippen molar-refractivity contribution in [1.82, 2.24) is 0 Å². The average molecular weight is 375 g/mol. The zero-order chi connectivity index (χ0) is 19.8. The van der Waals surface area contributed by atoms with Crippen LogP contribution in [0.1, 0.15) is 23.6 Å². The van der Waals surface area contributed by atoms with E-state index >= 15 is 0 Å². The summed E-state index contributed by atoms with van der Waals surface area (Å²) < 4.78 is 11.7. The monoisotopic (exact) mass is 375 g/mol. The summed E-state index contributed by atoms with van der Waals surface area (Å²) >= 11 is 0. The first kappa shape index (κ1) is 19.5. The number of aromatic hydroxyl groups is 1. The van der Waals surface area contributed by atoms with E-state index in [2.05, 4.69) is 17.1 Å². The molecule has 0 saturated heterocycles. The minimum absolute atomic E-state index is 0.243. The third-order valence-electron chi connectivity index (χ3n) is 4.29. The second-order valence-electron chi connectivity index (χ2n) is 6.45. The van der Waals surface area contributed by atoms with Crippen molar-refractivity contribution in [3.8, 4) is 17.2 Å². The molecule has 3 aromatic rings. The van der Waals surface area contributed by atoms with E-state index in [1.54, 1.807) is 24.4 Å². The molecule has 28 heavy (non-hydrogen) atoms. The standard InChI is InChI=1S/C24H25NO3/c1-3-27-24-16-20(17-25-22-11-10-21(26)15-18(22)2)9-12-23(24)28-14-13-19-7-5-4-6-8-19/h4-12,15-17,26H,3,13-14H2,1-2H3. The van der Waals surface area contributed by atoms with Crippen molar-refractivity contribution in [1.29, 1.82) is 0 Å². The molecule has 4 heteroatoms. The van der Waals surface area contributed by atoms with Gasteiger partial charge >= 0.3 is 0 Å². The van der Waals surface area contributed by atoms with Crippen LogP contribution in [0.4, 0.5) is 5.69 Å². The largest absolute Gasteiger partial charge is 0.508 e. The molecule has 144 valence electrons. The molecule has 0 atom stereocenters. The normalized spacial score (nSPS) is 10.9. The molecular formula is C24H25NO3. The molecule has 0 unspecified atom stereocenters. The molecule has 0 fully saturated rings. The number of phenolic OH excluding ortho intramolecular Hbond substituents is 1. The lowest BCUT2D eigenvalue weighted by Gasteiger charge is -2.12. The fraction of sp³-hybridized carbons (Fsp3) is 0.208. The highest BCUT2D eigenvalue weighted by molar-refractivity contribution is 5.83. The summed E-state index contributed by atoms with van der Waals surface area (Å²) in [7, 11) is 0. The summed E-state index contributed by atoms with van der Waals surface area (Å²) in [5.41, 5.74) is 3.90. The molecule has 0 aliphatic carbocycles. The first-order valence-electron chi connectivity index (χ1n) is 9.43. The van der Waals surface area contributed by atoms with E-state index in [1.165, 1.54) is 5.56 Å². The molecule has 0 spiro atoms.